The molecule has 0 saturated heterocycles. The number of hydrogen-bond acceptors (Lipinski definition) is 4. The normalized spacial score (nSPS) is 11.9. The summed E-state index contributed by atoms with van der Waals surface area (Å²) < 4.78 is 7.16. The highest BCUT2D eigenvalue weighted by Gasteiger charge is 2.29. The number of carboxylic acid groups (broad SMARTS) is 1. The zero-order valence-electron chi connectivity index (χ0n) is 20.0. The molecule has 2 heterocycles. The van der Waals surface area contributed by atoms with Crippen LogP contribution in [0.2, 0.25) is 15.1 Å². The summed E-state index contributed by atoms with van der Waals surface area (Å²) in [5.41, 5.74) is 1.58. The van der Waals surface area contributed by atoms with Crippen molar-refractivity contribution in [3.05, 3.63) is 84.8 Å². The monoisotopic (exact) mass is 547 g/mol. The first-order chi connectivity index (χ1) is 16.9. The van der Waals surface area contributed by atoms with Gasteiger partial charge in [-0.25, -0.2) is 9.48 Å². The molecule has 2 aromatic heterocycles. The lowest BCUT2D eigenvalue weighted by Crippen LogP contribution is -2.37. The van der Waals surface area contributed by atoms with Crippen LogP contribution in [0.5, 0.6) is 5.75 Å². The number of H-pyrrole nitrogens is 1. The summed E-state index contributed by atoms with van der Waals surface area (Å²) in [5.74, 6) is -0.648. The number of fused-ring (bicyclic) bond motifs is 1. The number of halogens is 3. The number of rotatable bonds is 7. The maximum atomic E-state index is 13.2. The standard InChI is InChI=1S/C26H24Cl3N3O4/c1-13(2)22-21-20(32(31-22)23-18(28)10-15(27)11-19(23)29)12-16(30-24(21)33)9-14-5-7-17(8-6-14)36-26(3,4)25(34)35/h5-8,10-13H,9H2,1-4H3,(H,30,33)(H,34,35). The molecule has 0 fully saturated rings. The number of aromatic nitrogens is 3. The van der Waals surface area contributed by atoms with Gasteiger partial charge in [0.1, 0.15) is 11.4 Å². The van der Waals surface area contributed by atoms with Gasteiger partial charge in [-0.15, -0.1) is 0 Å². The van der Waals surface area contributed by atoms with Crippen LogP contribution in [0, 0.1) is 0 Å². The van der Waals surface area contributed by atoms with E-state index < -0.39 is 11.6 Å². The van der Waals surface area contributed by atoms with Gasteiger partial charge in [-0.2, -0.15) is 5.10 Å². The Balaban J connectivity index is 1.76. The third-order valence-corrected chi connectivity index (χ3v) is 6.50. The molecule has 2 N–H and O–H groups in total. The topological polar surface area (TPSA) is 97.2 Å². The molecule has 36 heavy (non-hydrogen) atoms. The highest BCUT2D eigenvalue weighted by Crippen LogP contribution is 2.35. The van der Waals surface area contributed by atoms with Gasteiger partial charge in [-0.1, -0.05) is 60.8 Å². The molecule has 188 valence electrons. The summed E-state index contributed by atoms with van der Waals surface area (Å²) in [6.07, 6.45) is 0.415. The van der Waals surface area contributed by atoms with E-state index in [2.05, 4.69) is 4.98 Å². The fourth-order valence-corrected chi connectivity index (χ4v) is 4.84. The van der Waals surface area contributed by atoms with E-state index in [1.54, 1.807) is 28.9 Å². The maximum Gasteiger partial charge on any atom is 0.347 e. The Bertz CT molecular complexity index is 1500. The van der Waals surface area contributed by atoms with E-state index >= 15 is 0 Å². The van der Waals surface area contributed by atoms with Crippen LogP contribution in [0.1, 0.15) is 50.6 Å². The minimum absolute atomic E-state index is 0.0202. The Kier molecular flexibility index (Phi) is 7.10. The quantitative estimate of drug-likeness (QED) is 0.270. The number of carboxylic acids is 1. The molecule has 0 aliphatic carbocycles. The number of nitrogens with zero attached hydrogens (tertiary/aromatic N) is 2. The third-order valence-electron chi connectivity index (χ3n) is 5.71. The van der Waals surface area contributed by atoms with Crippen molar-refractivity contribution in [2.45, 2.75) is 45.6 Å². The molecule has 4 rings (SSSR count). The second-order valence-corrected chi connectivity index (χ2v) is 10.5. The average Bonchev–Trinajstić information content (AvgIpc) is 3.14. The fraction of sp³-hybridized carbons (Fsp3) is 0.269. The van der Waals surface area contributed by atoms with Crippen molar-refractivity contribution in [3.8, 4) is 11.4 Å². The van der Waals surface area contributed by atoms with Crippen molar-refractivity contribution in [1.82, 2.24) is 14.8 Å². The maximum absolute atomic E-state index is 13.2. The van der Waals surface area contributed by atoms with Gasteiger partial charge < -0.3 is 14.8 Å². The minimum atomic E-state index is -1.35. The van der Waals surface area contributed by atoms with Crippen LogP contribution in [0.3, 0.4) is 0 Å². The summed E-state index contributed by atoms with van der Waals surface area (Å²) >= 11 is 19.1. The van der Waals surface area contributed by atoms with Gasteiger partial charge in [0.05, 0.1) is 26.6 Å². The lowest BCUT2D eigenvalue weighted by atomic mass is 10.1. The lowest BCUT2D eigenvalue weighted by Gasteiger charge is -2.21. The first-order valence-electron chi connectivity index (χ1n) is 11.2. The van der Waals surface area contributed by atoms with E-state index in [0.29, 0.717) is 55.2 Å². The van der Waals surface area contributed by atoms with E-state index in [0.717, 1.165) is 5.56 Å². The highest BCUT2D eigenvalue weighted by molar-refractivity contribution is 6.40. The molecule has 0 aliphatic rings. The second kappa shape index (κ2) is 9.81. The van der Waals surface area contributed by atoms with Crippen LogP contribution in [-0.4, -0.2) is 31.4 Å². The molecule has 0 bridgehead atoms. The smallest absolute Gasteiger partial charge is 0.347 e. The van der Waals surface area contributed by atoms with E-state index in [1.165, 1.54) is 13.8 Å². The predicted octanol–water partition coefficient (Wildman–Crippen LogP) is 6.63. The minimum Gasteiger partial charge on any atom is -0.478 e. The van der Waals surface area contributed by atoms with Crippen LogP contribution in [0.4, 0.5) is 0 Å². The molecular weight excluding hydrogens is 525 g/mol. The number of nitrogens with one attached hydrogen (secondary N) is 1. The molecule has 4 aromatic rings. The summed E-state index contributed by atoms with van der Waals surface area (Å²) in [6.45, 7) is 6.88. The van der Waals surface area contributed by atoms with Crippen molar-refractivity contribution in [1.29, 1.82) is 0 Å². The van der Waals surface area contributed by atoms with Gasteiger partial charge in [0.25, 0.3) is 5.56 Å². The van der Waals surface area contributed by atoms with Crippen LogP contribution >= 0.6 is 34.8 Å². The Labute approximate surface area is 222 Å². The van der Waals surface area contributed by atoms with E-state index in [1.807, 2.05) is 32.0 Å². The number of aliphatic carboxylic acids is 1. The van der Waals surface area contributed by atoms with Gasteiger partial charge in [0, 0.05) is 17.1 Å². The van der Waals surface area contributed by atoms with Crippen molar-refractivity contribution in [2.24, 2.45) is 0 Å². The lowest BCUT2D eigenvalue weighted by molar-refractivity contribution is -0.152. The van der Waals surface area contributed by atoms with Gasteiger partial charge in [-0.3, -0.25) is 4.79 Å². The largest absolute Gasteiger partial charge is 0.478 e. The number of hydrogen-bond donors (Lipinski definition) is 2. The van der Waals surface area contributed by atoms with E-state index in [-0.39, 0.29) is 11.5 Å². The number of pyridine rings is 1. The van der Waals surface area contributed by atoms with Crippen LogP contribution in [0.15, 0.2) is 47.3 Å². The molecular formula is C26H24Cl3N3O4. The van der Waals surface area contributed by atoms with Gasteiger partial charge in [0.15, 0.2) is 5.60 Å². The number of benzene rings is 2. The summed E-state index contributed by atoms with van der Waals surface area (Å²) in [5, 5.41) is 15.5. The molecule has 0 saturated carbocycles. The molecule has 2 aromatic carbocycles. The molecule has 0 radical (unpaired) electrons. The summed E-state index contributed by atoms with van der Waals surface area (Å²) in [4.78, 5) is 27.5. The molecule has 0 aliphatic heterocycles. The third kappa shape index (κ3) is 5.09. The van der Waals surface area contributed by atoms with Crippen molar-refractivity contribution >= 4 is 51.7 Å². The van der Waals surface area contributed by atoms with E-state index in [4.69, 9.17) is 44.6 Å². The van der Waals surface area contributed by atoms with Gasteiger partial charge in [-0.05, 0) is 55.7 Å². The summed E-state index contributed by atoms with van der Waals surface area (Å²) in [6, 6.07) is 12.1. The molecule has 0 atom stereocenters. The summed E-state index contributed by atoms with van der Waals surface area (Å²) in [7, 11) is 0. The molecule has 0 spiro atoms. The Morgan fingerprint density at radius 2 is 1.72 bits per heavy atom. The average molecular weight is 549 g/mol. The molecule has 0 unspecified atom stereocenters. The predicted molar refractivity (Wildman–Crippen MR) is 142 cm³/mol. The molecule has 7 nitrogen and oxygen atoms in total. The van der Waals surface area contributed by atoms with Gasteiger partial charge in [0.2, 0.25) is 0 Å². The zero-order valence-corrected chi connectivity index (χ0v) is 22.3. The molecule has 10 heteroatoms. The fourth-order valence-electron chi connectivity index (χ4n) is 3.86. The number of aromatic amines is 1. The van der Waals surface area contributed by atoms with Crippen molar-refractivity contribution in [2.75, 3.05) is 0 Å². The van der Waals surface area contributed by atoms with Gasteiger partial charge >= 0.3 is 5.97 Å². The van der Waals surface area contributed by atoms with Crippen LogP contribution in [-0.2, 0) is 11.2 Å². The van der Waals surface area contributed by atoms with Crippen molar-refractivity contribution < 1.29 is 14.6 Å². The Hall–Kier alpha value is -3.00. The Morgan fingerprint density at radius 3 is 2.28 bits per heavy atom. The number of ether oxygens (including phenoxy) is 1. The highest BCUT2D eigenvalue weighted by atomic mass is 35.5. The SMILES string of the molecule is CC(C)c1nn(-c2c(Cl)cc(Cl)cc2Cl)c2cc(Cc3ccc(OC(C)(C)C(=O)O)cc3)[nH]c(=O)c12. The Morgan fingerprint density at radius 1 is 1.11 bits per heavy atom. The van der Waals surface area contributed by atoms with Crippen LogP contribution in [0.25, 0.3) is 16.6 Å². The first kappa shape index (κ1) is 26.1. The van der Waals surface area contributed by atoms with Crippen LogP contribution < -0.4 is 10.3 Å². The zero-order chi connectivity index (χ0) is 26.4. The van der Waals surface area contributed by atoms with E-state index in [9.17, 15) is 14.7 Å². The second-order valence-electron chi connectivity index (χ2n) is 9.29. The number of carbonyl (C=O) groups is 1. The molecule has 0 amide bonds. The van der Waals surface area contributed by atoms with Crippen molar-refractivity contribution in [3.63, 3.8) is 0 Å². The first-order valence-corrected chi connectivity index (χ1v) is 12.3.